The number of carbonyl (C=O) groups is 2. The first kappa shape index (κ1) is 18.4. The fraction of sp³-hybridized carbons (Fsp3) is 0.286. The Morgan fingerprint density at radius 1 is 1.18 bits per heavy atom. The standard InChI is InChI=1S/C21H21N3O3S/c1-14-12-23(10-9-16(14)21(26)27)20(25)17-13-24(15-6-3-2-4-7-15)22-19(17)18-8-5-11-28-18/h2-8,11,13-14,16H,9-10,12H2,1H3,(H,26,27). The van der Waals surface area contributed by atoms with Gasteiger partial charge < -0.3 is 10.0 Å². The van der Waals surface area contributed by atoms with Gasteiger partial charge in [0.15, 0.2) is 0 Å². The second kappa shape index (κ2) is 7.59. The van der Waals surface area contributed by atoms with Crippen LogP contribution < -0.4 is 0 Å². The molecule has 7 heteroatoms. The van der Waals surface area contributed by atoms with Gasteiger partial charge in [-0.15, -0.1) is 11.3 Å². The Balaban J connectivity index is 1.67. The Bertz CT molecular complexity index is 982. The number of benzene rings is 1. The van der Waals surface area contributed by atoms with E-state index in [4.69, 9.17) is 0 Å². The molecule has 28 heavy (non-hydrogen) atoms. The highest BCUT2D eigenvalue weighted by molar-refractivity contribution is 7.13. The lowest BCUT2D eigenvalue weighted by atomic mass is 9.87. The molecule has 0 saturated carbocycles. The van der Waals surface area contributed by atoms with Gasteiger partial charge in [0.25, 0.3) is 5.91 Å². The van der Waals surface area contributed by atoms with Crippen molar-refractivity contribution in [2.24, 2.45) is 11.8 Å². The van der Waals surface area contributed by atoms with E-state index in [0.717, 1.165) is 10.6 Å². The maximum absolute atomic E-state index is 13.3. The van der Waals surface area contributed by atoms with E-state index in [2.05, 4.69) is 5.10 Å². The predicted molar refractivity (Wildman–Crippen MR) is 108 cm³/mol. The van der Waals surface area contributed by atoms with Crippen molar-refractivity contribution >= 4 is 23.2 Å². The number of carboxylic acid groups (broad SMARTS) is 1. The second-order valence-corrected chi connectivity index (χ2v) is 8.06. The fourth-order valence-electron chi connectivity index (χ4n) is 3.71. The molecule has 1 saturated heterocycles. The number of nitrogens with zero attached hydrogens (tertiary/aromatic N) is 3. The van der Waals surface area contributed by atoms with E-state index in [0.29, 0.717) is 30.8 Å². The van der Waals surface area contributed by atoms with Gasteiger partial charge in [0, 0.05) is 19.3 Å². The Kier molecular flexibility index (Phi) is 5.00. The molecule has 2 unspecified atom stereocenters. The van der Waals surface area contributed by atoms with Crippen LogP contribution in [0.3, 0.4) is 0 Å². The van der Waals surface area contributed by atoms with Crippen molar-refractivity contribution in [1.82, 2.24) is 14.7 Å². The number of aromatic nitrogens is 2. The fourth-order valence-corrected chi connectivity index (χ4v) is 4.43. The molecule has 0 radical (unpaired) electrons. The van der Waals surface area contributed by atoms with E-state index in [1.807, 2.05) is 54.8 Å². The van der Waals surface area contributed by atoms with E-state index in [-0.39, 0.29) is 11.8 Å². The van der Waals surface area contributed by atoms with Crippen molar-refractivity contribution in [3.63, 3.8) is 0 Å². The number of carbonyl (C=O) groups excluding carboxylic acids is 1. The minimum atomic E-state index is -0.782. The van der Waals surface area contributed by atoms with Gasteiger partial charge >= 0.3 is 5.97 Å². The van der Waals surface area contributed by atoms with E-state index in [1.54, 1.807) is 27.1 Å². The first-order valence-corrected chi connectivity index (χ1v) is 10.1. The summed E-state index contributed by atoms with van der Waals surface area (Å²) >= 11 is 1.54. The number of thiophene rings is 1. The maximum Gasteiger partial charge on any atom is 0.306 e. The minimum Gasteiger partial charge on any atom is -0.481 e. The molecule has 4 rings (SSSR count). The van der Waals surface area contributed by atoms with Gasteiger partial charge in [-0.25, -0.2) is 4.68 Å². The summed E-state index contributed by atoms with van der Waals surface area (Å²) in [5.41, 5.74) is 2.10. The Morgan fingerprint density at radius 2 is 1.96 bits per heavy atom. The lowest BCUT2D eigenvalue weighted by Gasteiger charge is -2.34. The van der Waals surface area contributed by atoms with Crippen molar-refractivity contribution in [2.45, 2.75) is 13.3 Å². The summed E-state index contributed by atoms with van der Waals surface area (Å²) in [5.74, 6) is -1.35. The van der Waals surface area contributed by atoms with Crippen LogP contribution in [0.5, 0.6) is 0 Å². The molecule has 0 bridgehead atoms. The van der Waals surface area contributed by atoms with Crippen LogP contribution in [0.1, 0.15) is 23.7 Å². The summed E-state index contributed by atoms with van der Waals surface area (Å²) in [7, 11) is 0. The van der Waals surface area contributed by atoms with Crippen molar-refractivity contribution in [1.29, 1.82) is 0 Å². The molecule has 1 aliphatic rings. The number of para-hydroxylation sites is 1. The summed E-state index contributed by atoms with van der Waals surface area (Å²) in [6.07, 6.45) is 2.25. The zero-order valence-electron chi connectivity index (χ0n) is 15.5. The summed E-state index contributed by atoms with van der Waals surface area (Å²) < 4.78 is 1.73. The number of aliphatic carboxylic acids is 1. The maximum atomic E-state index is 13.3. The average Bonchev–Trinajstić information content (AvgIpc) is 3.37. The van der Waals surface area contributed by atoms with E-state index in [1.165, 1.54) is 0 Å². The zero-order chi connectivity index (χ0) is 19.7. The Hall–Kier alpha value is -2.93. The Morgan fingerprint density at radius 3 is 2.61 bits per heavy atom. The zero-order valence-corrected chi connectivity index (χ0v) is 16.3. The Labute approximate surface area is 167 Å². The monoisotopic (exact) mass is 395 g/mol. The summed E-state index contributed by atoms with van der Waals surface area (Å²) in [6, 6.07) is 13.6. The van der Waals surface area contributed by atoms with Gasteiger partial charge in [-0.2, -0.15) is 5.10 Å². The number of rotatable bonds is 4. The van der Waals surface area contributed by atoms with Crippen molar-refractivity contribution in [3.05, 3.63) is 59.6 Å². The quantitative estimate of drug-likeness (QED) is 0.729. The molecular formula is C21H21N3O3S. The van der Waals surface area contributed by atoms with E-state index < -0.39 is 11.9 Å². The van der Waals surface area contributed by atoms with Crippen LogP contribution >= 0.6 is 11.3 Å². The number of hydrogen-bond acceptors (Lipinski definition) is 4. The summed E-state index contributed by atoms with van der Waals surface area (Å²) in [5, 5.41) is 16.0. The SMILES string of the molecule is CC1CN(C(=O)c2cn(-c3ccccc3)nc2-c2cccs2)CCC1C(=O)O. The van der Waals surface area contributed by atoms with Crippen LogP contribution in [0.4, 0.5) is 0 Å². The van der Waals surface area contributed by atoms with Gasteiger partial charge in [-0.05, 0) is 35.9 Å². The highest BCUT2D eigenvalue weighted by Gasteiger charge is 2.34. The van der Waals surface area contributed by atoms with E-state index >= 15 is 0 Å². The van der Waals surface area contributed by atoms with Gasteiger partial charge in [0.1, 0.15) is 5.69 Å². The van der Waals surface area contributed by atoms with Crippen LogP contribution in [0.2, 0.25) is 0 Å². The molecule has 3 aromatic rings. The number of amides is 1. The molecule has 1 aromatic carbocycles. The highest BCUT2D eigenvalue weighted by Crippen LogP contribution is 2.31. The second-order valence-electron chi connectivity index (χ2n) is 7.11. The largest absolute Gasteiger partial charge is 0.481 e. The number of carboxylic acids is 1. The highest BCUT2D eigenvalue weighted by atomic mass is 32.1. The van der Waals surface area contributed by atoms with Crippen LogP contribution in [0, 0.1) is 11.8 Å². The van der Waals surface area contributed by atoms with Crippen LogP contribution in [-0.2, 0) is 4.79 Å². The first-order chi connectivity index (χ1) is 13.5. The first-order valence-electron chi connectivity index (χ1n) is 9.25. The summed E-state index contributed by atoms with van der Waals surface area (Å²) in [4.78, 5) is 27.4. The molecule has 0 spiro atoms. The number of hydrogen-bond donors (Lipinski definition) is 1. The average molecular weight is 395 g/mol. The smallest absolute Gasteiger partial charge is 0.306 e. The third kappa shape index (κ3) is 3.45. The lowest BCUT2D eigenvalue weighted by Crippen LogP contribution is -2.45. The van der Waals surface area contributed by atoms with Crippen LogP contribution in [-0.4, -0.2) is 44.8 Å². The number of piperidine rings is 1. The lowest BCUT2D eigenvalue weighted by molar-refractivity contribution is -0.145. The van der Waals surface area contributed by atoms with E-state index in [9.17, 15) is 14.7 Å². The van der Waals surface area contributed by atoms with Crippen LogP contribution in [0.25, 0.3) is 16.3 Å². The van der Waals surface area contributed by atoms with Gasteiger partial charge in [0.05, 0.1) is 22.0 Å². The molecule has 1 N–H and O–H groups in total. The molecule has 2 atom stereocenters. The third-order valence-corrected chi connectivity index (χ3v) is 6.11. The molecule has 6 nitrogen and oxygen atoms in total. The molecular weight excluding hydrogens is 374 g/mol. The number of likely N-dealkylation sites (tertiary alicyclic amines) is 1. The minimum absolute atomic E-state index is 0.0791. The van der Waals surface area contributed by atoms with Crippen molar-refractivity contribution in [2.75, 3.05) is 13.1 Å². The van der Waals surface area contributed by atoms with Crippen LogP contribution in [0.15, 0.2) is 54.0 Å². The normalized spacial score (nSPS) is 19.5. The van der Waals surface area contributed by atoms with Crippen molar-refractivity contribution < 1.29 is 14.7 Å². The molecule has 1 amide bonds. The summed E-state index contributed by atoms with van der Waals surface area (Å²) in [6.45, 7) is 2.78. The molecule has 1 fully saturated rings. The molecule has 2 aromatic heterocycles. The van der Waals surface area contributed by atoms with Crippen molar-refractivity contribution in [3.8, 4) is 16.3 Å². The third-order valence-electron chi connectivity index (χ3n) is 5.23. The molecule has 1 aliphatic heterocycles. The van der Waals surface area contributed by atoms with Gasteiger partial charge in [-0.1, -0.05) is 31.2 Å². The van der Waals surface area contributed by atoms with Gasteiger partial charge in [0.2, 0.25) is 0 Å². The topological polar surface area (TPSA) is 75.4 Å². The molecule has 3 heterocycles. The van der Waals surface area contributed by atoms with Gasteiger partial charge in [-0.3, -0.25) is 9.59 Å². The molecule has 0 aliphatic carbocycles. The predicted octanol–water partition coefficient (Wildman–Crippen LogP) is 3.78. The molecule has 144 valence electrons.